The lowest BCUT2D eigenvalue weighted by atomic mass is 10.1. The van der Waals surface area contributed by atoms with E-state index in [1.165, 1.54) is 18.4 Å². The molecule has 6 heteroatoms. The monoisotopic (exact) mass is 411 g/mol. The first kappa shape index (κ1) is 16.8. The zero-order valence-corrected chi connectivity index (χ0v) is 14.8. The molecule has 0 spiro atoms. The molecular weight excluding hydrogens is 389 g/mol. The van der Waals surface area contributed by atoms with Crippen molar-refractivity contribution in [2.45, 2.75) is 38.4 Å². The van der Waals surface area contributed by atoms with E-state index in [4.69, 9.17) is 5.73 Å². The standard InChI is InChI=1S/C16H21N5.HI/c17-16(20-14-6-7-14)19-12-15-18-9-11-21(15)10-8-13-4-2-1-3-5-13;/h1-5,9,11,14H,6-8,10,12H2,(H3,17,19,20);1H. The van der Waals surface area contributed by atoms with E-state index in [1.807, 2.05) is 18.5 Å². The van der Waals surface area contributed by atoms with Crippen molar-refractivity contribution in [2.75, 3.05) is 0 Å². The van der Waals surface area contributed by atoms with Crippen LogP contribution in [0.25, 0.3) is 0 Å². The lowest BCUT2D eigenvalue weighted by Gasteiger charge is -2.07. The first-order chi connectivity index (χ1) is 10.3. The van der Waals surface area contributed by atoms with E-state index in [9.17, 15) is 0 Å². The third-order valence-corrected chi connectivity index (χ3v) is 3.61. The van der Waals surface area contributed by atoms with Gasteiger partial charge in [-0.15, -0.1) is 24.0 Å². The van der Waals surface area contributed by atoms with E-state index in [0.29, 0.717) is 18.5 Å². The van der Waals surface area contributed by atoms with Gasteiger partial charge in [0.1, 0.15) is 12.4 Å². The molecule has 3 rings (SSSR count). The maximum atomic E-state index is 5.85. The number of hydrogen-bond donors (Lipinski definition) is 2. The van der Waals surface area contributed by atoms with Crippen LogP contribution in [0.3, 0.4) is 0 Å². The summed E-state index contributed by atoms with van der Waals surface area (Å²) in [6.07, 6.45) is 7.20. The molecule has 0 bridgehead atoms. The van der Waals surface area contributed by atoms with Crippen molar-refractivity contribution in [3.05, 3.63) is 54.1 Å². The van der Waals surface area contributed by atoms with E-state index >= 15 is 0 Å². The van der Waals surface area contributed by atoms with E-state index in [-0.39, 0.29) is 24.0 Å². The third kappa shape index (κ3) is 5.01. The second kappa shape index (κ2) is 8.17. The van der Waals surface area contributed by atoms with Gasteiger partial charge >= 0.3 is 0 Å². The van der Waals surface area contributed by atoms with Crippen LogP contribution >= 0.6 is 24.0 Å². The molecule has 1 heterocycles. The van der Waals surface area contributed by atoms with E-state index in [0.717, 1.165) is 18.8 Å². The Labute approximate surface area is 148 Å². The van der Waals surface area contributed by atoms with Gasteiger partial charge in [0.05, 0.1) is 0 Å². The smallest absolute Gasteiger partial charge is 0.189 e. The van der Waals surface area contributed by atoms with Gasteiger partial charge in [0.2, 0.25) is 0 Å². The van der Waals surface area contributed by atoms with E-state index < -0.39 is 0 Å². The minimum absolute atomic E-state index is 0. The van der Waals surface area contributed by atoms with Gasteiger partial charge in [-0.05, 0) is 24.8 Å². The van der Waals surface area contributed by atoms with Crippen molar-refractivity contribution in [1.82, 2.24) is 14.9 Å². The fourth-order valence-corrected chi connectivity index (χ4v) is 2.23. The van der Waals surface area contributed by atoms with Crippen LogP contribution in [0.4, 0.5) is 0 Å². The second-order valence-corrected chi connectivity index (χ2v) is 5.39. The molecule has 1 aromatic carbocycles. The number of nitrogens with zero attached hydrogens (tertiary/aromatic N) is 3. The van der Waals surface area contributed by atoms with Gasteiger partial charge in [-0.3, -0.25) is 0 Å². The van der Waals surface area contributed by atoms with Crippen LogP contribution in [0.15, 0.2) is 47.7 Å². The molecule has 1 saturated carbocycles. The lowest BCUT2D eigenvalue weighted by molar-refractivity contribution is 0.651. The minimum Gasteiger partial charge on any atom is -0.370 e. The number of aromatic nitrogens is 2. The van der Waals surface area contributed by atoms with Crippen molar-refractivity contribution in [3.8, 4) is 0 Å². The molecule has 118 valence electrons. The average molecular weight is 411 g/mol. The Hall–Kier alpha value is -1.57. The van der Waals surface area contributed by atoms with Crippen molar-refractivity contribution < 1.29 is 0 Å². The summed E-state index contributed by atoms with van der Waals surface area (Å²) in [5, 5.41) is 3.18. The summed E-state index contributed by atoms with van der Waals surface area (Å²) in [5.74, 6) is 1.47. The number of aryl methyl sites for hydroxylation is 2. The summed E-state index contributed by atoms with van der Waals surface area (Å²) in [7, 11) is 0. The number of nitrogens with two attached hydrogens (primary N) is 1. The Balaban J connectivity index is 0.00000176. The molecule has 0 saturated heterocycles. The Morgan fingerprint density at radius 1 is 1.32 bits per heavy atom. The van der Waals surface area contributed by atoms with Crippen LogP contribution in [0.2, 0.25) is 0 Å². The maximum absolute atomic E-state index is 5.85. The summed E-state index contributed by atoms with van der Waals surface area (Å²) in [5.41, 5.74) is 7.18. The fraction of sp³-hybridized carbons (Fsp3) is 0.375. The molecule has 1 aliphatic rings. The third-order valence-electron chi connectivity index (χ3n) is 3.61. The molecule has 3 N–H and O–H groups in total. The molecule has 1 aromatic heterocycles. The van der Waals surface area contributed by atoms with Crippen LogP contribution in [0.1, 0.15) is 24.2 Å². The molecule has 0 aliphatic heterocycles. The summed E-state index contributed by atoms with van der Waals surface area (Å²) in [6.45, 7) is 1.43. The first-order valence-electron chi connectivity index (χ1n) is 7.41. The van der Waals surface area contributed by atoms with Crippen LogP contribution < -0.4 is 11.1 Å². The van der Waals surface area contributed by atoms with Gasteiger partial charge in [-0.1, -0.05) is 30.3 Å². The summed E-state index contributed by atoms with van der Waals surface area (Å²) in [4.78, 5) is 8.73. The second-order valence-electron chi connectivity index (χ2n) is 5.39. The highest BCUT2D eigenvalue weighted by molar-refractivity contribution is 14.0. The number of hydrogen-bond acceptors (Lipinski definition) is 2. The molecule has 5 nitrogen and oxygen atoms in total. The number of rotatable bonds is 6. The van der Waals surface area contributed by atoms with Gasteiger partial charge in [-0.25, -0.2) is 9.98 Å². The summed E-state index contributed by atoms with van der Waals surface area (Å²) < 4.78 is 2.14. The zero-order valence-electron chi connectivity index (χ0n) is 12.5. The van der Waals surface area contributed by atoms with E-state index in [1.54, 1.807) is 0 Å². The van der Waals surface area contributed by atoms with Crippen molar-refractivity contribution in [1.29, 1.82) is 0 Å². The number of guanidine groups is 1. The molecule has 1 aliphatic carbocycles. The fourth-order valence-electron chi connectivity index (χ4n) is 2.23. The predicted molar refractivity (Wildman–Crippen MR) is 99.3 cm³/mol. The molecule has 0 unspecified atom stereocenters. The largest absolute Gasteiger partial charge is 0.370 e. The Kier molecular flexibility index (Phi) is 6.23. The first-order valence-corrected chi connectivity index (χ1v) is 7.41. The zero-order chi connectivity index (χ0) is 14.5. The van der Waals surface area contributed by atoms with Crippen LogP contribution in [0.5, 0.6) is 0 Å². The van der Waals surface area contributed by atoms with Crippen molar-refractivity contribution in [3.63, 3.8) is 0 Å². The highest BCUT2D eigenvalue weighted by atomic mass is 127. The lowest BCUT2D eigenvalue weighted by Crippen LogP contribution is -2.33. The summed E-state index contributed by atoms with van der Waals surface area (Å²) in [6, 6.07) is 11.0. The predicted octanol–water partition coefficient (Wildman–Crippen LogP) is 2.31. The maximum Gasteiger partial charge on any atom is 0.189 e. The number of halogens is 1. The number of nitrogens with one attached hydrogen (secondary N) is 1. The van der Waals surface area contributed by atoms with Crippen molar-refractivity contribution in [2.24, 2.45) is 10.7 Å². The minimum atomic E-state index is 0. The molecule has 0 radical (unpaired) electrons. The van der Waals surface area contributed by atoms with E-state index in [2.05, 4.69) is 44.1 Å². The topological polar surface area (TPSA) is 68.2 Å². The van der Waals surface area contributed by atoms with Gasteiger partial charge in [0.25, 0.3) is 0 Å². The quantitative estimate of drug-likeness (QED) is 0.436. The number of aliphatic imine (C=N–C) groups is 1. The molecule has 22 heavy (non-hydrogen) atoms. The van der Waals surface area contributed by atoms with Crippen LogP contribution in [-0.4, -0.2) is 21.6 Å². The highest BCUT2D eigenvalue weighted by Gasteiger charge is 2.21. The van der Waals surface area contributed by atoms with Gasteiger partial charge in [-0.2, -0.15) is 0 Å². The average Bonchev–Trinajstić information content (AvgIpc) is 3.20. The Morgan fingerprint density at radius 2 is 2.09 bits per heavy atom. The summed E-state index contributed by atoms with van der Waals surface area (Å²) >= 11 is 0. The molecular formula is C16H22IN5. The Bertz CT molecular complexity index is 604. The van der Waals surface area contributed by atoms with Gasteiger partial charge < -0.3 is 15.6 Å². The molecule has 0 amide bonds. The van der Waals surface area contributed by atoms with Gasteiger partial charge in [0.15, 0.2) is 5.96 Å². The van der Waals surface area contributed by atoms with Crippen LogP contribution in [0, 0.1) is 0 Å². The van der Waals surface area contributed by atoms with Gasteiger partial charge in [0, 0.05) is 25.0 Å². The number of imidazole rings is 1. The molecule has 0 atom stereocenters. The van der Waals surface area contributed by atoms with Crippen molar-refractivity contribution >= 4 is 29.9 Å². The SMILES string of the molecule is I.NC(=NCc1nccn1CCc1ccccc1)NC1CC1. The van der Waals surface area contributed by atoms with Crippen LogP contribution in [-0.2, 0) is 19.5 Å². The normalized spacial score (nSPS) is 14.5. The molecule has 2 aromatic rings. The Morgan fingerprint density at radius 3 is 2.82 bits per heavy atom. The number of benzene rings is 1. The highest BCUT2D eigenvalue weighted by Crippen LogP contribution is 2.18. The molecule has 1 fully saturated rings.